The first kappa shape index (κ1) is 31.1. The third kappa shape index (κ3) is 5.79. The number of aromatic nitrogens is 4. The number of halogens is 2. The van der Waals surface area contributed by atoms with Gasteiger partial charge in [0.25, 0.3) is 0 Å². The van der Waals surface area contributed by atoms with Crippen LogP contribution in [0.25, 0.3) is 22.3 Å². The monoisotopic (exact) mass is 681 g/mol. The van der Waals surface area contributed by atoms with E-state index in [1.54, 1.807) is 12.1 Å². The molecule has 9 rings (SSSR count). The van der Waals surface area contributed by atoms with Crippen molar-refractivity contribution in [1.82, 2.24) is 24.4 Å². The van der Waals surface area contributed by atoms with Crippen molar-refractivity contribution in [2.75, 3.05) is 26.3 Å². The highest BCUT2D eigenvalue weighted by Crippen LogP contribution is 2.46. The summed E-state index contributed by atoms with van der Waals surface area (Å²) >= 11 is 6.01. The maximum atomic E-state index is 14.9. The van der Waals surface area contributed by atoms with Gasteiger partial charge in [0.15, 0.2) is 17.1 Å². The van der Waals surface area contributed by atoms with Crippen molar-refractivity contribution in [3.63, 3.8) is 0 Å². The minimum atomic E-state index is -0.947. The second-order valence-corrected chi connectivity index (χ2v) is 14.9. The van der Waals surface area contributed by atoms with Crippen LogP contribution in [0.15, 0.2) is 54.6 Å². The van der Waals surface area contributed by atoms with Gasteiger partial charge in [-0.1, -0.05) is 35.9 Å². The van der Waals surface area contributed by atoms with Crippen LogP contribution in [0.5, 0.6) is 11.5 Å². The van der Waals surface area contributed by atoms with Gasteiger partial charge in [-0.15, -0.1) is 0 Å². The van der Waals surface area contributed by atoms with Crippen molar-refractivity contribution in [2.45, 2.75) is 82.6 Å². The average Bonchev–Trinajstić information content (AvgIpc) is 3.77. The lowest BCUT2D eigenvalue weighted by Crippen LogP contribution is -2.40. The highest BCUT2D eigenvalue weighted by Gasteiger charge is 2.39. The molecule has 3 aliphatic heterocycles. The number of piperidine rings is 1. The Bertz CT molecular complexity index is 2040. The van der Waals surface area contributed by atoms with Crippen molar-refractivity contribution >= 4 is 22.6 Å². The summed E-state index contributed by atoms with van der Waals surface area (Å²) in [6.45, 7) is 8.53. The van der Waals surface area contributed by atoms with Gasteiger partial charge in [0, 0.05) is 34.2 Å². The van der Waals surface area contributed by atoms with Gasteiger partial charge < -0.3 is 23.8 Å². The first-order valence-corrected chi connectivity index (χ1v) is 18.0. The number of ether oxygens (including phenoxy) is 3. The van der Waals surface area contributed by atoms with Crippen LogP contribution in [0.4, 0.5) is 4.39 Å². The molecule has 254 valence electrons. The Morgan fingerprint density at radius 3 is 2.59 bits per heavy atom. The lowest BCUT2D eigenvalue weighted by Gasteiger charge is -2.38. The standard InChI is InChI=1S/C39H41ClFN5O3/c1-23-36(44-38(42-23)25-6-7-25)26-8-11-33-32(18-26)43-35(46(33)20-28-14-17-47-28)21-45-15-12-24(13-16-45)29-4-3-5-34-37(29)48-22-39(2,49-34)30-10-9-27(40)19-31(30)41/h3-5,8-11,18-19,24-25,28H,6-7,12-17,20-22H2,1-2H3,(H,42,44)/t28-,39-/m0/s1. The number of hydrogen-bond acceptors (Lipinski definition) is 6. The molecule has 1 aliphatic carbocycles. The topological polar surface area (TPSA) is 77.4 Å². The van der Waals surface area contributed by atoms with Crippen molar-refractivity contribution in [3.8, 4) is 22.8 Å². The Kier molecular flexibility index (Phi) is 7.70. The second kappa shape index (κ2) is 12.1. The molecule has 5 heterocycles. The molecule has 2 aromatic heterocycles. The van der Waals surface area contributed by atoms with Crippen LogP contribution < -0.4 is 9.47 Å². The maximum Gasteiger partial charge on any atom is 0.168 e. The molecule has 1 N–H and O–H groups in total. The predicted octanol–water partition coefficient (Wildman–Crippen LogP) is 8.26. The number of fused-ring (bicyclic) bond motifs is 2. The molecule has 3 aromatic carbocycles. The molecule has 8 nitrogen and oxygen atoms in total. The van der Waals surface area contributed by atoms with E-state index in [0.717, 1.165) is 103 Å². The SMILES string of the molecule is Cc1nc(C2CC2)[nH]c1-c1ccc2c(c1)nc(CN1CCC(c3cccc4c3OC[C@@](C)(c3ccc(Cl)cc3F)O4)CC1)n2C[C@@H]1CCO1. The van der Waals surface area contributed by atoms with Crippen molar-refractivity contribution in [2.24, 2.45) is 0 Å². The molecule has 0 unspecified atom stereocenters. The van der Waals surface area contributed by atoms with Crippen LogP contribution in [0.3, 0.4) is 0 Å². The molecule has 10 heteroatoms. The van der Waals surface area contributed by atoms with Crippen LogP contribution in [-0.2, 0) is 23.4 Å². The Labute approximate surface area is 290 Å². The molecule has 5 aromatic rings. The number of imidazole rings is 2. The first-order chi connectivity index (χ1) is 23.8. The zero-order valence-corrected chi connectivity index (χ0v) is 28.7. The maximum absolute atomic E-state index is 14.9. The summed E-state index contributed by atoms with van der Waals surface area (Å²) < 4.78 is 36.0. The number of H-pyrrole nitrogens is 1. The molecule has 0 bridgehead atoms. The number of rotatable bonds is 8. The van der Waals surface area contributed by atoms with Gasteiger partial charge in [-0.2, -0.15) is 0 Å². The Balaban J connectivity index is 0.922. The number of aromatic amines is 1. The lowest BCUT2D eigenvalue weighted by atomic mass is 9.87. The third-order valence-corrected chi connectivity index (χ3v) is 11.1. The predicted molar refractivity (Wildman–Crippen MR) is 187 cm³/mol. The average molecular weight is 682 g/mol. The van der Waals surface area contributed by atoms with Gasteiger partial charge >= 0.3 is 0 Å². The summed E-state index contributed by atoms with van der Waals surface area (Å²) in [6, 6.07) is 17.4. The molecule has 0 spiro atoms. The smallest absolute Gasteiger partial charge is 0.168 e. The molecular weight excluding hydrogens is 641 g/mol. The Morgan fingerprint density at radius 2 is 1.84 bits per heavy atom. The summed E-state index contributed by atoms with van der Waals surface area (Å²) in [4.78, 5) is 16.2. The third-order valence-electron chi connectivity index (χ3n) is 10.9. The fourth-order valence-corrected chi connectivity index (χ4v) is 7.99. The number of aryl methyl sites for hydroxylation is 1. The lowest BCUT2D eigenvalue weighted by molar-refractivity contribution is -0.0592. The Morgan fingerprint density at radius 1 is 1.00 bits per heavy atom. The summed E-state index contributed by atoms with van der Waals surface area (Å²) in [5, 5.41) is 0.358. The molecular formula is C39H41ClFN5O3. The van der Waals surface area contributed by atoms with Crippen LogP contribution >= 0.6 is 11.6 Å². The van der Waals surface area contributed by atoms with Crippen molar-refractivity contribution < 1.29 is 18.6 Å². The van der Waals surface area contributed by atoms with Crippen LogP contribution in [0.2, 0.25) is 5.02 Å². The normalized spacial score (nSPS) is 22.8. The molecule has 4 aliphatic rings. The van der Waals surface area contributed by atoms with Crippen LogP contribution in [0, 0.1) is 12.7 Å². The van der Waals surface area contributed by atoms with E-state index in [0.29, 0.717) is 28.2 Å². The van der Waals surface area contributed by atoms with Gasteiger partial charge in [0.1, 0.15) is 24.1 Å². The van der Waals surface area contributed by atoms with E-state index in [2.05, 4.69) is 45.6 Å². The van der Waals surface area contributed by atoms with E-state index < -0.39 is 11.4 Å². The van der Waals surface area contributed by atoms with Crippen molar-refractivity contribution in [3.05, 3.63) is 93.9 Å². The zero-order valence-electron chi connectivity index (χ0n) is 28.0. The first-order valence-electron chi connectivity index (χ1n) is 17.6. The van der Waals surface area contributed by atoms with Crippen LogP contribution in [0.1, 0.15) is 79.3 Å². The quantitative estimate of drug-likeness (QED) is 0.178. The molecule has 3 fully saturated rings. The minimum absolute atomic E-state index is 0.221. The zero-order chi connectivity index (χ0) is 33.3. The minimum Gasteiger partial charge on any atom is -0.485 e. The summed E-state index contributed by atoms with van der Waals surface area (Å²) in [5.74, 6) is 4.18. The van der Waals surface area contributed by atoms with Crippen molar-refractivity contribution in [1.29, 1.82) is 0 Å². The van der Waals surface area contributed by atoms with Gasteiger partial charge in [0.05, 0.1) is 41.6 Å². The number of likely N-dealkylation sites (tertiary alicyclic amines) is 1. The number of benzene rings is 3. The molecule has 1 saturated carbocycles. The molecule has 2 atom stereocenters. The van der Waals surface area contributed by atoms with Gasteiger partial charge in [-0.05, 0) is 95.3 Å². The molecule has 49 heavy (non-hydrogen) atoms. The number of nitrogens with one attached hydrogen (secondary N) is 1. The summed E-state index contributed by atoms with van der Waals surface area (Å²) in [5.41, 5.74) is 6.11. The Hall–Kier alpha value is -3.92. The van der Waals surface area contributed by atoms with Gasteiger partial charge in [0.2, 0.25) is 0 Å². The highest BCUT2D eigenvalue weighted by atomic mass is 35.5. The van der Waals surface area contributed by atoms with E-state index in [-0.39, 0.29) is 12.7 Å². The van der Waals surface area contributed by atoms with Crippen LogP contribution in [-0.4, -0.2) is 56.8 Å². The second-order valence-electron chi connectivity index (χ2n) is 14.5. The van der Waals surface area contributed by atoms with E-state index in [1.807, 2.05) is 19.1 Å². The fraction of sp³-hybridized carbons (Fsp3) is 0.436. The van der Waals surface area contributed by atoms with E-state index >= 15 is 0 Å². The number of hydrogen-bond donors (Lipinski definition) is 1. The van der Waals surface area contributed by atoms with E-state index in [9.17, 15) is 4.39 Å². The van der Waals surface area contributed by atoms with E-state index in [4.69, 9.17) is 35.8 Å². The van der Waals surface area contributed by atoms with Gasteiger partial charge in [-0.3, -0.25) is 4.90 Å². The molecule has 2 saturated heterocycles. The summed E-state index contributed by atoms with van der Waals surface area (Å²) in [7, 11) is 0. The highest BCUT2D eigenvalue weighted by molar-refractivity contribution is 6.30. The number of para-hydroxylation sites is 1. The van der Waals surface area contributed by atoms with E-state index in [1.165, 1.54) is 18.9 Å². The fourth-order valence-electron chi connectivity index (χ4n) is 7.83. The van der Waals surface area contributed by atoms with Gasteiger partial charge in [-0.25, -0.2) is 14.4 Å². The largest absolute Gasteiger partial charge is 0.485 e. The summed E-state index contributed by atoms with van der Waals surface area (Å²) in [6.07, 6.45) is 5.77. The number of nitrogens with zero attached hydrogens (tertiary/aromatic N) is 4. The molecule has 0 radical (unpaired) electrons. The molecule has 0 amide bonds.